The summed E-state index contributed by atoms with van der Waals surface area (Å²) in [5, 5.41) is 6.95. The first kappa shape index (κ1) is 18.8. The van der Waals surface area contributed by atoms with Gasteiger partial charge in [0.2, 0.25) is 5.71 Å². The largest absolute Gasteiger partial charge is 0.445 e. The van der Waals surface area contributed by atoms with Crippen LogP contribution in [0.1, 0.15) is 35.9 Å². The van der Waals surface area contributed by atoms with Gasteiger partial charge in [0.15, 0.2) is 0 Å². The van der Waals surface area contributed by atoms with Gasteiger partial charge in [-0.3, -0.25) is 4.79 Å². The maximum absolute atomic E-state index is 13.0. The Morgan fingerprint density at radius 1 is 1.20 bits per heavy atom. The van der Waals surface area contributed by atoms with Gasteiger partial charge >= 0.3 is 0 Å². The quantitative estimate of drug-likeness (QED) is 0.664. The lowest BCUT2D eigenvalue weighted by Gasteiger charge is -2.27. The Morgan fingerprint density at radius 2 is 2.00 bits per heavy atom. The number of carbonyl (C=O) groups is 1. The number of pyridine rings is 1. The number of ether oxygens (including phenoxy) is 1. The number of nitrogens with one attached hydrogen (secondary N) is 2. The monoisotopic (exact) mass is 408 g/mol. The lowest BCUT2D eigenvalue weighted by Crippen LogP contribution is -2.36. The molecule has 2 N–H and O–H groups in total. The topological polar surface area (TPSA) is 105 Å². The van der Waals surface area contributed by atoms with Crippen molar-refractivity contribution in [2.75, 3.05) is 41.8 Å². The standard InChI is InChI=1S/C21H24N6O3/c1-13-23-18(26-21(2)5-6-21)17-15(12-30-20(17)24-13)19(28)25-14-3-4-16(22-11-14)27-7-9-29-10-8-27/h3-4,11-12H,5-10H2,1-2H3,(H,25,28)(H,23,24,26). The van der Waals surface area contributed by atoms with Crippen molar-refractivity contribution in [2.45, 2.75) is 32.2 Å². The molecule has 30 heavy (non-hydrogen) atoms. The summed E-state index contributed by atoms with van der Waals surface area (Å²) in [5.74, 6) is 1.82. The third-order valence-corrected chi connectivity index (χ3v) is 5.55. The summed E-state index contributed by atoms with van der Waals surface area (Å²) in [6.45, 7) is 6.97. The summed E-state index contributed by atoms with van der Waals surface area (Å²) < 4.78 is 11.0. The average molecular weight is 408 g/mol. The fraction of sp³-hybridized carbons (Fsp3) is 0.429. The molecular formula is C21H24N6O3. The van der Waals surface area contributed by atoms with Crippen LogP contribution in [-0.4, -0.2) is 52.7 Å². The van der Waals surface area contributed by atoms with Gasteiger partial charge in [-0.25, -0.2) is 9.97 Å². The first-order valence-electron chi connectivity index (χ1n) is 10.1. The van der Waals surface area contributed by atoms with E-state index in [4.69, 9.17) is 9.15 Å². The molecule has 1 aliphatic heterocycles. The summed E-state index contributed by atoms with van der Waals surface area (Å²) in [6, 6.07) is 3.75. The highest BCUT2D eigenvalue weighted by molar-refractivity contribution is 6.14. The van der Waals surface area contributed by atoms with Crippen LogP contribution >= 0.6 is 0 Å². The van der Waals surface area contributed by atoms with Crippen LogP contribution in [0.5, 0.6) is 0 Å². The van der Waals surface area contributed by atoms with Crippen molar-refractivity contribution in [3.63, 3.8) is 0 Å². The number of hydrogen-bond donors (Lipinski definition) is 2. The number of furan rings is 1. The number of rotatable bonds is 5. The van der Waals surface area contributed by atoms with Gasteiger partial charge in [-0.05, 0) is 38.8 Å². The molecule has 9 nitrogen and oxygen atoms in total. The van der Waals surface area contributed by atoms with Crippen molar-refractivity contribution in [1.82, 2.24) is 15.0 Å². The molecule has 0 spiro atoms. The number of fused-ring (bicyclic) bond motifs is 1. The van der Waals surface area contributed by atoms with Crippen molar-refractivity contribution in [3.05, 3.63) is 36.0 Å². The van der Waals surface area contributed by atoms with E-state index in [9.17, 15) is 4.79 Å². The van der Waals surface area contributed by atoms with E-state index in [0.29, 0.717) is 47.2 Å². The molecule has 0 unspecified atom stereocenters. The zero-order valence-electron chi connectivity index (χ0n) is 17.1. The van der Waals surface area contributed by atoms with Crippen molar-refractivity contribution in [2.24, 2.45) is 0 Å². The first-order valence-corrected chi connectivity index (χ1v) is 10.1. The van der Waals surface area contributed by atoms with Gasteiger partial charge in [-0.1, -0.05) is 0 Å². The number of morpholine rings is 1. The SMILES string of the molecule is Cc1nc(NC2(C)CC2)c2c(C(=O)Nc3ccc(N4CCOCC4)nc3)coc2n1. The van der Waals surface area contributed by atoms with Crippen LogP contribution in [0, 0.1) is 6.92 Å². The van der Waals surface area contributed by atoms with E-state index in [1.165, 1.54) is 6.26 Å². The third kappa shape index (κ3) is 3.68. The molecule has 0 radical (unpaired) electrons. The lowest BCUT2D eigenvalue weighted by molar-refractivity contribution is 0.102. The van der Waals surface area contributed by atoms with Crippen molar-refractivity contribution in [1.29, 1.82) is 0 Å². The molecular weight excluding hydrogens is 384 g/mol. The second-order valence-electron chi connectivity index (χ2n) is 8.09. The molecule has 0 bridgehead atoms. The van der Waals surface area contributed by atoms with E-state index < -0.39 is 0 Å². The van der Waals surface area contributed by atoms with Crippen LogP contribution in [0.3, 0.4) is 0 Å². The fourth-order valence-corrected chi connectivity index (χ4v) is 3.54. The summed E-state index contributed by atoms with van der Waals surface area (Å²) >= 11 is 0. The first-order chi connectivity index (χ1) is 14.5. The predicted molar refractivity (Wildman–Crippen MR) is 113 cm³/mol. The number of aryl methyl sites for hydroxylation is 1. The summed E-state index contributed by atoms with van der Waals surface area (Å²) in [5.41, 5.74) is 1.43. The molecule has 0 atom stereocenters. The highest BCUT2D eigenvalue weighted by Gasteiger charge is 2.38. The van der Waals surface area contributed by atoms with E-state index in [1.807, 2.05) is 19.1 Å². The van der Waals surface area contributed by atoms with Crippen LogP contribution in [0.15, 0.2) is 29.0 Å². The summed E-state index contributed by atoms with van der Waals surface area (Å²) in [4.78, 5) is 28.5. The molecule has 2 aliphatic rings. The molecule has 2 fully saturated rings. The zero-order valence-corrected chi connectivity index (χ0v) is 17.1. The molecule has 4 heterocycles. The summed E-state index contributed by atoms with van der Waals surface area (Å²) in [6.07, 6.45) is 5.23. The van der Waals surface area contributed by atoms with E-state index in [-0.39, 0.29) is 11.4 Å². The minimum absolute atomic E-state index is 0.0119. The minimum Gasteiger partial charge on any atom is -0.445 e. The third-order valence-electron chi connectivity index (χ3n) is 5.55. The molecule has 156 valence electrons. The number of aromatic nitrogens is 3. The molecule has 1 saturated heterocycles. The van der Waals surface area contributed by atoms with Crippen LogP contribution in [-0.2, 0) is 4.74 Å². The maximum Gasteiger partial charge on any atom is 0.259 e. The zero-order chi connectivity index (χ0) is 20.7. The molecule has 3 aromatic rings. The van der Waals surface area contributed by atoms with Gasteiger partial charge in [-0.2, -0.15) is 4.98 Å². The Bertz CT molecular complexity index is 1080. The predicted octanol–water partition coefficient (Wildman–Crippen LogP) is 2.98. The smallest absolute Gasteiger partial charge is 0.259 e. The lowest BCUT2D eigenvalue weighted by atomic mass is 10.2. The van der Waals surface area contributed by atoms with E-state index in [1.54, 1.807) is 6.20 Å². The highest BCUT2D eigenvalue weighted by Crippen LogP contribution is 2.40. The molecule has 1 saturated carbocycles. The summed E-state index contributed by atoms with van der Waals surface area (Å²) in [7, 11) is 0. The normalized spacial score (nSPS) is 17.7. The molecule has 1 aliphatic carbocycles. The van der Waals surface area contributed by atoms with Crippen molar-refractivity contribution < 1.29 is 13.9 Å². The fourth-order valence-electron chi connectivity index (χ4n) is 3.54. The molecule has 9 heteroatoms. The average Bonchev–Trinajstić information content (AvgIpc) is 3.31. The van der Waals surface area contributed by atoms with E-state index in [0.717, 1.165) is 31.7 Å². The Morgan fingerprint density at radius 3 is 2.70 bits per heavy atom. The van der Waals surface area contributed by atoms with Crippen molar-refractivity contribution in [3.8, 4) is 0 Å². The van der Waals surface area contributed by atoms with Crippen LogP contribution in [0.25, 0.3) is 11.1 Å². The minimum atomic E-state index is -0.286. The second kappa shape index (κ2) is 7.24. The molecule has 3 aromatic heterocycles. The van der Waals surface area contributed by atoms with Gasteiger partial charge in [-0.15, -0.1) is 0 Å². The Kier molecular flexibility index (Phi) is 4.54. The van der Waals surface area contributed by atoms with Gasteiger partial charge in [0.25, 0.3) is 5.91 Å². The van der Waals surface area contributed by atoms with Crippen LogP contribution < -0.4 is 15.5 Å². The Balaban J connectivity index is 1.38. The van der Waals surface area contributed by atoms with Gasteiger partial charge in [0, 0.05) is 18.6 Å². The second-order valence-corrected chi connectivity index (χ2v) is 8.09. The number of carbonyl (C=O) groups excluding carboxylic acids is 1. The van der Waals surface area contributed by atoms with Crippen LogP contribution in [0.2, 0.25) is 0 Å². The maximum atomic E-state index is 13.0. The molecule has 5 rings (SSSR count). The Labute approximate surface area is 173 Å². The Hall–Kier alpha value is -3.20. The number of nitrogens with zero attached hydrogens (tertiary/aromatic N) is 4. The van der Waals surface area contributed by atoms with E-state index in [2.05, 4.69) is 37.4 Å². The van der Waals surface area contributed by atoms with E-state index >= 15 is 0 Å². The molecule has 0 aromatic carbocycles. The van der Waals surface area contributed by atoms with Gasteiger partial charge < -0.3 is 24.7 Å². The van der Waals surface area contributed by atoms with Gasteiger partial charge in [0.05, 0.1) is 36.0 Å². The highest BCUT2D eigenvalue weighted by atomic mass is 16.5. The number of anilines is 3. The van der Waals surface area contributed by atoms with Crippen LogP contribution in [0.4, 0.5) is 17.3 Å². The molecule has 1 amide bonds. The number of hydrogen-bond acceptors (Lipinski definition) is 8. The number of amides is 1. The van der Waals surface area contributed by atoms with Gasteiger partial charge in [0.1, 0.15) is 23.7 Å². The van der Waals surface area contributed by atoms with Crippen molar-refractivity contribution >= 4 is 34.3 Å².